The average molecular weight is 276 g/mol. The number of nitrogen functional groups attached to an aromatic ring is 1. The molecule has 3 nitrogen and oxygen atoms in total. The second-order valence-electron chi connectivity index (χ2n) is 2.78. The largest absolute Gasteiger partial charge is 0.480 e. The van der Waals surface area contributed by atoms with Crippen LogP contribution in [0.15, 0.2) is 27.6 Å². The van der Waals surface area contributed by atoms with E-state index in [1.165, 1.54) is 11.8 Å². The van der Waals surface area contributed by atoms with Gasteiger partial charge in [-0.3, -0.25) is 4.79 Å². The lowest BCUT2D eigenvalue weighted by Crippen LogP contribution is -2.11. The van der Waals surface area contributed by atoms with Crippen molar-refractivity contribution < 1.29 is 9.90 Å². The van der Waals surface area contributed by atoms with Crippen LogP contribution < -0.4 is 5.73 Å². The molecule has 0 aliphatic heterocycles. The monoisotopic (exact) mass is 275 g/mol. The van der Waals surface area contributed by atoms with E-state index in [1.807, 2.05) is 12.1 Å². The number of anilines is 1. The molecule has 1 rings (SSSR count). The van der Waals surface area contributed by atoms with Gasteiger partial charge in [0, 0.05) is 15.1 Å². The van der Waals surface area contributed by atoms with Crippen LogP contribution in [0, 0.1) is 0 Å². The number of halogens is 1. The third-order valence-electron chi connectivity index (χ3n) is 1.63. The minimum absolute atomic E-state index is 0.494. The molecule has 0 aliphatic carbocycles. The summed E-state index contributed by atoms with van der Waals surface area (Å²) in [6.45, 7) is 1.63. The molecule has 1 unspecified atom stereocenters. The van der Waals surface area contributed by atoms with Gasteiger partial charge in [0.1, 0.15) is 5.25 Å². The Morgan fingerprint density at radius 1 is 1.64 bits per heavy atom. The summed E-state index contributed by atoms with van der Waals surface area (Å²) in [6.07, 6.45) is 0. The normalized spacial score (nSPS) is 12.4. The van der Waals surface area contributed by atoms with Gasteiger partial charge in [-0.25, -0.2) is 0 Å². The summed E-state index contributed by atoms with van der Waals surface area (Å²) in [5.41, 5.74) is 6.31. The van der Waals surface area contributed by atoms with E-state index in [0.717, 1.165) is 9.37 Å². The van der Waals surface area contributed by atoms with Crippen molar-refractivity contribution in [3.8, 4) is 0 Å². The van der Waals surface area contributed by atoms with E-state index in [0.29, 0.717) is 5.69 Å². The highest BCUT2D eigenvalue weighted by Gasteiger charge is 2.13. The van der Waals surface area contributed by atoms with Crippen molar-refractivity contribution in [1.29, 1.82) is 0 Å². The number of carboxylic acids is 1. The molecule has 5 heteroatoms. The minimum Gasteiger partial charge on any atom is -0.480 e. The van der Waals surface area contributed by atoms with Crippen molar-refractivity contribution >= 4 is 39.3 Å². The van der Waals surface area contributed by atoms with Gasteiger partial charge in [0.05, 0.1) is 0 Å². The van der Waals surface area contributed by atoms with Crippen LogP contribution in [0.2, 0.25) is 0 Å². The Morgan fingerprint density at radius 3 is 2.86 bits per heavy atom. The molecule has 0 radical (unpaired) electrons. The molecule has 0 spiro atoms. The Morgan fingerprint density at radius 2 is 2.29 bits per heavy atom. The van der Waals surface area contributed by atoms with Crippen LogP contribution in [0.5, 0.6) is 0 Å². The lowest BCUT2D eigenvalue weighted by molar-refractivity contribution is -0.136. The zero-order chi connectivity index (χ0) is 10.7. The van der Waals surface area contributed by atoms with Gasteiger partial charge in [0.25, 0.3) is 0 Å². The summed E-state index contributed by atoms with van der Waals surface area (Å²) in [5, 5.41) is 8.24. The van der Waals surface area contributed by atoms with E-state index in [-0.39, 0.29) is 0 Å². The van der Waals surface area contributed by atoms with Crippen molar-refractivity contribution in [2.75, 3.05) is 5.73 Å². The third-order valence-corrected chi connectivity index (χ3v) is 3.28. The maximum Gasteiger partial charge on any atom is 0.316 e. The molecule has 0 fully saturated rings. The first-order valence-electron chi connectivity index (χ1n) is 3.95. The van der Waals surface area contributed by atoms with Gasteiger partial charge < -0.3 is 10.8 Å². The molecule has 0 saturated heterocycles. The Bertz CT molecular complexity index is 357. The Balaban J connectivity index is 2.85. The zero-order valence-corrected chi connectivity index (χ0v) is 9.93. The molecule has 0 aliphatic rings. The van der Waals surface area contributed by atoms with Crippen molar-refractivity contribution in [2.45, 2.75) is 17.1 Å². The van der Waals surface area contributed by atoms with Gasteiger partial charge in [0.2, 0.25) is 0 Å². The minimum atomic E-state index is -0.839. The highest BCUT2D eigenvalue weighted by molar-refractivity contribution is 9.10. The highest BCUT2D eigenvalue weighted by Crippen LogP contribution is 2.31. The molecule has 14 heavy (non-hydrogen) atoms. The molecule has 0 bridgehead atoms. The van der Waals surface area contributed by atoms with Gasteiger partial charge in [-0.1, -0.05) is 15.9 Å². The summed E-state index contributed by atoms with van der Waals surface area (Å²) < 4.78 is 0.895. The molecule has 76 valence electrons. The molecular formula is C9H10BrNO2S. The molecule has 1 aromatic rings. The number of carbonyl (C=O) groups is 1. The summed E-state index contributed by atoms with van der Waals surface area (Å²) in [4.78, 5) is 11.4. The predicted octanol–water partition coefficient (Wildman–Crippen LogP) is 2.60. The van der Waals surface area contributed by atoms with Crippen molar-refractivity contribution in [3.63, 3.8) is 0 Å². The van der Waals surface area contributed by atoms with Crippen LogP contribution in [-0.2, 0) is 4.79 Å². The van der Waals surface area contributed by atoms with Crippen LogP contribution in [0.25, 0.3) is 0 Å². The maximum absolute atomic E-state index is 10.6. The first kappa shape index (κ1) is 11.4. The molecular weight excluding hydrogens is 266 g/mol. The summed E-state index contributed by atoms with van der Waals surface area (Å²) >= 11 is 4.54. The molecule has 0 saturated carbocycles. The highest BCUT2D eigenvalue weighted by atomic mass is 79.9. The number of hydrogen-bond donors (Lipinski definition) is 2. The summed E-state index contributed by atoms with van der Waals surface area (Å²) in [6, 6.07) is 5.39. The topological polar surface area (TPSA) is 63.3 Å². The van der Waals surface area contributed by atoms with E-state index < -0.39 is 11.2 Å². The second-order valence-corrected chi connectivity index (χ2v) is 5.08. The van der Waals surface area contributed by atoms with E-state index in [4.69, 9.17) is 10.8 Å². The van der Waals surface area contributed by atoms with Crippen molar-refractivity contribution in [1.82, 2.24) is 0 Å². The number of aliphatic carboxylic acids is 1. The number of hydrogen-bond acceptors (Lipinski definition) is 3. The lowest BCUT2D eigenvalue weighted by Gasteiger charge is -2.08. The second kappa shape index (κ2) is 4.70. The molecule has 0 amide bonds. The fraction of sp³-hybridized carbons (Fsp3) is 0.222. The molecule has 0 aromatic heterocycles. The average Bonchev–Trinajstić information content (AvgIpc) is 2.11. The third kappa shape index (κ3) is 2.92. The maximum atomic E-state index is 10.6. The fourth-order valence-electron chi connectivity index (χ4n) is 0.851. The van der Waals surface area contributed by atoms with Crippen LogP contribution in [-0.4, -0.2) is 16.3 Å². The standard InChI is InChI=1S/C9H10BrNO2S/c1-5(9(12)13)14-8-4-6(10)2-3-7(8)11/h2-5H,11H2,1H3,(H,12,13). The Kier molecular flexibility index (Phi) is 3.83. The zero-order valence-electron chi connectivity index (χ0n) is 7.53. The summed E-state index contributed by atoms with van der Waals surface area (Å²) in [5.74, 6) is -0.839. The van der Waals surface area contributed by atoms with E-state index in [9.17, 15) is 4.79 Å². The van der Waals surface area contributed by atoms with Crippen LogP contribution >= 0.6 is 27.7 Å². The van der Waals surface area contributed by atoms with Crippen molar-refractivity contribution in [3.05, 3.63) is 22.7 Å². The van der Waals surface area contributed by atoms with Gasteiger partial charge in [-0.15, -0.1) is 11.8 Å². The first-order chi connectivity index (χ1) is 6.50. The number of rotatable bonds is 3. The van der Waals surface area contributed by atoms with Gasteiger partial charge in [-0.05, 0) is 25.1 Å². The van der Waals surface area contributed by atoms with E-state index >= 15 is 0 Å². The number of thioether (sulfide) groups is 1. The van der Waals surface area contributed by atoms with Gasteiger partial charge in [0.15, 0.2) is 0 Å². The number of benzene rings is 1. The van der Waals surface area contributed by atoms with Gasteiger partial charge in [-0.2, -0.15) is 0 Å². The van der Waals surface area contributed by atoms with E-state index in [2.05, 4.69) is 15.9 Å². The number of carboxylic acid groups (broad SMARTS) is 1. The van der Waals surface area contributed by atoms with Crippen molar-refractivity contribution in [2.24, 2.45) is 0 Å². The van der Waals surface area contributed by atoms with Crippen LogP contribution in [0.1, 0.15) is 6.92 Å². The Labute approximate surface area is 94.8 Å². The summed E-state index contributed by atoms with van der Waals surface area (Å²) in [7, 11) is 0. The predicted molar refractivity (Wildman–Crippen MR) is 61.5 cm³/mol. The van der Waals surface area contributed by atoms with Crippen LogP contribution in [0.4, 0.5) is 5.69 Å². The molecule has 1 atom stereocenters. The Hall–Kier alpha value is -0.680. The quantitative estimate of drug-likeness (QED) is 0.658. The smallest absolute Gasteiger partial charge is 0.316 e. The van der Waals surface area contributed by atoms with Gasteiger partial charge >= 0.3 is 5.97 Å². The SMILES string of the molecule is CC(Sc1cc(Br)ccc1N)C(=O)O. The van der Waals surface area contributed by atoms with E-state index in [1.54, 1.807) is 13.0 Å². The fourth-order valence-corrected chi connectivity index (χ4v) is 2.24. The molecule has 3 N–H and O–H groups in total. The molecule has 1 aromatic carbocycles. The first-order valence-corrected chi connectivity index (χ1v) is 5.62. The molecule has 0 heterocycles. The van der Waals surface area contributed by atoms with Crippen LogP contribution in [0.3, 0.4) is 0 Å². The number of nitrogens with two attached hydrogens (primary N) is 1. The lowest BCUT2D eigenvalue weighted by atomic mass is 10.3.